The van der Waals surface area contributed by atoms with Crippen LogP contribution in [0, 0.1) is 17.7 Å². The first-order valence-electron chi connectivity index (χ1n) is 6.57. The Morgan fingerprint density at radius 1 is 1.47 bits per heavy atom. The van der Waals surface area contributed by atoms with Crippen molar-refractivity contribution in [3.8, 4) is 11.8 Å². The van der Waals surface area contributed by atoms with Crippen molar-refractivity contribution in [1.29, 1.82) is 0 Å². The second kappa shape index (κ2) is 6.67. The summed E-state index contributed by atoms with van der Waals surface area (Å²) in [6, 6.07) is 4.97. The number of piperidine rings is 1. The van der Waals surface area contributed by atoms with E-state index in [-0.39, 0.29) is 18.5 Å². The number of nitrogens with zero attached hydrogens (tertiary/aromatic N) is 1. The third kappa shape index (κ3) is 4.03. The second-order valence-electron chi connectivity index (χ2n) is 4.85. The molecule has 1 heterocycles. The molecule has 19 heavy (non-hydrogen) atoms. The summed E-state index contributed by atoms with van der Waals surface area (Å²) in [5, 5.41) is 9.63. The van der Waals surface area contributed by atoms with Crippen LogP contribution in [0.4, 0.5) is 4.39 Å². The van der Waals surface area contributed by atoms with Crippen molar-refractivity contribution >= 4 is 0 Å². The summed E-state index contributed by atoms with van der Waals surface area (Å²) in [6.45, 7) is 2.59. The van der Waals surface area contributed by atoms with Gasteiger partial charge < -0.3 is 10.8 Å². The van der Waals surface area contributed by atoms with Gasteiger partial charge in [0.25, 0.3) is 0 Å². The average Bonchev–Trinajstić information content (AvgIpc) is 2.39. The van der Waals surface area contributed by atoms with Crippen LogP contribution < -0.4 is 5.73 Å². The van der Waals surface area contributed by atoms with Crippen LogP contribution in [0.5, 0.6) is 0 Å². The fourth-order valence-corrected chi connectivity index (χ4v) is 2.35. The molecule has 2 rings (SSSR count). The highest BCUT2D eigenvalue weighted by atomic mass is 19.1. The predicted octanol–water partition coefficient (Wildman–Crippen LogP) is 1.09. The highest BCUT2D eigenvalue weighted by molar-refractivity contribution is 5.38. The molecule has 3 N–H and O–H groups in total. The van der Waals surface area contributed by atoms with E-state index < -0.39 is 0 Å². The number of β-amino-alcohol motifs (C(OH)–C–C–N with tert-alkyl or cyclic N) is 1. The van der Waals surface area contributed by atoms with Crippen molar-refractivity contribution in [3.05, 3.63) is 35.1 Å². The zero-order valence-electron chi connectivity index (χ0n) is 10.9. The van der Waals surface area contributed by atoms with Gasteiger partial charge in [-0.25, -0.2) is 4.39 Å². The molecule has 0 radical (unpaired) electrons. The number of benzene rings is 1. The molecule has 0 amide bonds. The van der Waals surface area contributed by atoms with Gasteiger partial charge >= 0.3 is 0 Å². The molecule has 0 aliphatic carbocycles. The molecule has 1 atom stereocenters. The largest absolute Gasteiger partial charge is 0.392 e. The maximum Gasteiger partial charge on any atom is 0.138 e. The summed E-state index contributed by atoms with van der Waals surface area (Å²) in [4.78, 5) is 2.18. The molecule has 1 aliphatic heterocycles. The number of likely N-dealkylation sites (tertiary alicyclic amines) is 1. The van der Waals surface area contributed by atoms with Crippen LogP contribution in [0.3, 0.4) is 0 Å². The topological polar surface area (TPSA) is 49.5 Å². The Labute approximate surface area is 113 Å². The van der Waals surface area contributed by atoms with Crippen molar-refractivity contribution in [2.24, 2.45) is 5.73 Å². The molecule has 0 bridgehead atoms. The highest BCUT2D eigenvalue weighted by Gasteiger charge is 2.17. The molecule has 0 saturated carbocycles. The standard InChI is InChI=1S/C15H19FN2O/c16-15-6-5-12(9-13(15)3-1-7-17)10-18-8-2-4-14(19)11-18/h5-6,9,14,19H,2,4,7-8,10-11,17H2. The van der Waals surface area contributed by atoms with E-state index in [1.165, 1.54) is 6.07 Å². The van der Waals surface area contributed by atoms with E-state index in [0.29, 0.717) is 18.7 Å². The fourth-order valence-electron chi connectivity index (χ4n) is 2.35. The third-order valence-corrected chi connectivity index (χ3v) is 3.24. The van der Waals surface area contributed by atoms with Gasteiger partial charge in [0.15, 0.2) is 0 Å². The van der Waals surface area contributed by atoms with Gasteiger partial charge in [-0.2, -0.15) is 0 Å². The van der Waals surface area contributed by atoms with Crippen LogP contribution in [0.1, 0.15) is 24.0 Å². The van der Waals surface area contributed by atoms with Crippen LogP contribution in [-0.4, -0.2) is 35.7 Å². The van der Waals surface area contributed by atoms with Crippen LogP contribution in [-0.2, 0) is 6.54 Å². The highest BCUT2D eigenvalue weighted by Crippen LogP contribution is 2.15. The molecule has 3 nitrogen and oxygen atoms in total. The Morgan fingerprint density at radius 3 is 3.05 bits per heavy atom. The van der Waals surface area contributed by atoms with E-state index in [4.69, 9.17) is 5.73 Å². The number of aliphatic hydroxyl groups is 1. The molecule has 0 aromatic heterocycles. The number of rotatable bonds is 2. The minimum absolute atomic E-state index is 0.224. The van der Waals surface area contributed by atoms with Crippen molar-refractivity contribution in [2.75, 3.05) is 19.6 Å². The van der Waals surface area contributed by atoms with Gasteiger partial charge in [-0.15, -0.1) is 0 Å². The van der Waals surface area contributed by atoms with Crippen molar-refractivity contribution < 1.29 is 9.50 Å². The zero-order valence-corrected chi connectivity index (χ0v) is 10.9. The third-order valence-electron chi connectivity index (χ3n) is 3.24. The maximum absolute atomic E-state index is 13.5. The second-order valence-corrected chi connectivity index (χ2v) is 4.85. The first-order valence-corrected chi connectivity index (χ1v) is 6.57. The number of aliphatic hydroxyl groups excluding tert-OH is 1. The van der Waals surface area contributed by atoms with Crippen LogP contribution in [0.2, 0.25) is 0 Å². The number of hydrogen-bond donors (Lipinski definition) is 2. The summed E-state index contributed by atoms with van der Waals surface area (Å²) < 4.78 is 13.5. The van der Waals surface area contributed by atoms with Crippen LogP contribution in [0.25, 0.3) is 0 Å². The summed E-state index contributed by atoms with van der Waals surface area (Å²) >= 11 is 0. The van der Waals surface area contributed by atoms with Gasteiger partial charge in [0.05, 0.1) is 18.2 Å². The number of nitrogens with two attached hydrogens (primary N) is 1. The van der Waals surface area contributed by atoms with Crippen molar-refractivity contribution in [2.45, 2.75) is 25.5 Å². The smallest absolute Gasteiger partial charge is 0.138 e. The molecular formula is C15H19FN2O. The summed E-state index contributed by atoms with van der Waals surface area (Å²) in [5.41, 5.74) is 6.70. The first kappa shape index (κ1) is 14.0. The molecule has 1 aromatic carbocycles. The molecule has 1 unspecified atom stereocenters. The average molecular weight is 262 g/mol. The van der Waals surface area contributed by atoms with E-state index in [0.717, 1.165) is 24.9 Å². The number of hydrogen-bond acceptors (Lipinski definition) is 3. The van der Waals surface area contributed by atoms with Crippen LogP contribution in [0.15, 0.2) is 18.2 Å². The molecule has 102 valence electrons. The molecule has 1 saturated heterocycles. The fraction of sp³-hybridized carbons (Fsp3) is 0.467. The SMILES string of the molecule is NCC#Cc1cc(CN2CCCC(O)C2)ccc1F. The minimum atomic E-state index is -0.316. The van der Waals surface area contributed by atoms with Gasteiger partial charge in [-0.05, 0) is 37.1 Å². The van der Waals surface area contributed by atoms with Crippen LogP contribution >= 0.6 is 0 Å². The van der Waals surface area contributed by atoms with E-state index in [1.807, 2.05) is 0 Å². The molecule has 4 heteroatoms. The van der Waals surface area contributed by atoms with Gasteiger partial charge in [0.1, 0.15) is 5.82 Å². The van der Waals surface area contributed by atoms with Gasteiger partial charge in [0.2, 0.25) is 0 Å². The zero-order chi connectivity index (χ0) is 13.7. The van der Waals surface area contributed by atoms with E-state index in [9.17, 15) is 9.50 Å². The van der Waals surface area contributed by atoms with Crippen molar-refractivity contribution in [1.82, 2.24) is 4.90 Å². The molecular weight excluding hydrogens is 243 g/mol. The van der Waals surface area contributed by atoms with Gasteiger partial charge in [-0.1, -0.05) is 17.9 Å². The Morgan fingerprint density at radius 2 is 2.32 bits per heavy atom. The summed E-state index contributed by atoms with van der Waals surface area (Å²) in [5.74, 6) is 5.09. The van der Waals surface area contributed by atoms with E-state index in [1.54, 1.807) is 12.1 Å². The summed E-state index contributed by atoms with van der Waals surface area (Å²) in [6.07, 6.45) is 1.63. The lowest BCUT2D eigenvalue weighted by molar-refractivity contribution is 0.0668. The minimum Gasteiger partial charge on any atom is -0.392 e. The van der Waals surface area contributed by atoms with E-state index >= 15 is 0 Å². The van der Waals surface area contributed by atoms with Crippen molar-refractivity contribution in [3.63, 3.8) is 0 Å². The molecule has 1 aromatic rings. The lowest BCUT2D eigenvalue weighted by Gasteiger charge is -2.30. The molecule has 1 aliphatic rings. The Hall–Kier alpha value is -1.41. The van der Waals surface area contributed by atoms with Gasteiger partial charge in [-0.3, -0.25) is 4.90 Å². The first-order chi connectivity index (χ1) is 9.19. The van der Waals surface area contributed by atoms with E-state index in [2.05, 4.69) is 16.7 Å². The lowest BCUT2D eigenvalue weighted by atomic mass is 10.1. The summed E-state index contributed by atoms with van der Waals surface area (Å²) in [7, 11) is 0. The Balaban J connectivity index is 2.08. The quantitative estimate of drug-likeness (QED) is 0.785. The normalized spacial score (nSPS) is 19.8. The van der Waals surface area contributed by atoms with Gasteiger partial charge in [0, 0.05) is 13.1 Å². The maximum atomic E-state index is 13.5. The molecule has 1 fully saturated rings. The Bertz CT molecular complexity index is 493. The lowest BCUT2D eigenvalue weighted by Crippen LogP contribution is -2.37. The molecule has 0 spiro atoms. The predicted molar refractivity (Wildman–Crippen MR) is 72.9 cm³/mol. The Kier molecular flexibility index (Phi) is 4.92. The number of halogens is 1. The monoisotopic (exact) mass is 262 g/mol.